The van der Waals surface area contributed by atoms with Crippen LogP contribution in [-0.2, 0) is 19.1 Å². The molecule has 0 bridgehead atoms. The predicted molar refractivity (Wildman–Crippen MR) is 74.3 cm³/mol. The second kappa shape index (κ2) is 9.07. The van der Waals surface area contributed by atoms with Crippen LogP contribution in [0.5, 0.6) is 0 Å². The molecule has 0 aliphatic rings. The molecule has 1 N–H and O–H groups in total. The summed E-state index contributed by atoms with van der Waals surface area (Å²) in [6, 6.07) is 0. The largest absolute Gasteiger partial charge is 0.481 e. The number of carboxylic acid groups (broad SMARTS) is 1. The summed E-state index contributed by atoms with van der Waals surface area (Å²) in [6.07, 6.45) is 1.61. The van der Waals surface area contributed by atoms with Gasteiger partial charge >= 0.3 is 11.9 Å². The van der Waals surface area contributed by atoms with Crippen LogP contribution in [0.4, 0.5) is 0 Å². The van der Waals surface area contributed by atoms with Crippen LogP contribution in [0.15, 0.2) is 0 Å². The van der Waals surface area contributed by atoms with Crippen LogP contribution in [0, 0.1) is 5.41 Å². The first-order chi connectivity index (χ1) is 8.94. The summed E-state index contributed by atoms with van der Waals surface area (Å²) in [4.78, 5) is 35.0. The first-order valence-corrected chi connectivity index (χ1v) is 7.55. The molecule has 0 aliphatic heterocycles. The van der Waals surface area contributed by atoms with E-state index in [2.05, 4.69) is 15.9 Å². The maximum Gasteiger partial charge on any atom is 0.319 e. The molecule has 0 saturated heterocycles. The zero-order valence-electron chi connectivity index (χ0n) is 11.4. The maximum atomic E-state index is 12.1. The number of hydrogen-bond acceptors (Lipinski definition) is 4. The number of halogens is 1. The molecular weight excluding hydrogens is 316 g/mol. The Morgan fingerprint density at radius 3 is 2.26 bits per heavy atom. The van der Waals surface area contributed by atoms with E-state index in [0.29, 0.717) is 12.8 Å². The van der Waals surface area contributed by atoms with Crippen molar-refractivity contribution in [1.82, 2.24) is 0 Å². The van der Waals surface area contributed by atoms with Gasteiger partial charge in [0.25, 0.3) is 0 Å². The molecular formula is C13H21BrO5. The highest BCUT2D eigenvalue weighted by molar-refractivity contribution is 9.09. The van der Waals surface area contributed by atoms with Gasteiger partial charge in [-0.1, -0.05) is 35.7 Å². The second-order valence-electron chi connectivity index (χ2n) is 4.36. The van der Waals surface area contributed by atoms with Crippen molar-refractivity contribution >= 4 is 33.7 Å². The minimum absolute atomic E-state index is 0.00833. The number of Topliss-reactive ketones (excluding diaryl/α,β-unsaturated/α-hetero) is 1. The monoisotopic (exact) mass is 336 g/mol. The lowest BCUT2D eigenvalue weighted by molar-refractivity contribution is -0.161. The predicted octanol–water partition coefficient (Wildman–Crippen LogP) is 2.55. The van der Waals surface area contributed by atoms with E-state index >= 15 is 0 Å². The molecule has 0 aromatic heterocycles. The van der Waals surface area contributed by atoms with Crippen molar-refractivity contribution in [3.63, 3.8) is 0 Å². The molecule has 1 atom stereocenters. The summed E-state index contributed by atoms with van der Waals surface area (Å²) >= 11 is 3.06. The minimum atomic E-state index is -1.33. The van der Waals surface area contributed by atoms with Gasteiger partial charge < -0.3 is 9.84 Å². The van der Waals surface area contributed by atoms with E-state index in [1.54, 1.807) is 6.92 Å². The van der Waals surface area contributed by atoms with Crippen LogP contribution in [0.2, 0.25) is 0 Å². The van der Waals surface area contributed by atoms with Crippen molar-refractivity contribution in [2.45, 2.75) is 46.0 Å². The van der Waals surface area contributed by atoms with Crippen LogP contribution in [0.1, 0.15) is 46.0 Å². The first kappa shape index (κ1) is 18.1. The van der Waals surface area contributed by atoms with Crippen molar-refractivity contribution in [1.29, 1.82) is 0 Å². The Balaban J connectivity index is 5.23. The number of esters is 1. The molecule has 0 fully saturated rings. The number of carbonyl (C=O) groups is 3. The highest BCUT2D eigenvalue weighted by Gasteiger charge is 2.45. The minimum Gasteiger partial charge on any atom is -0.481 e. The first-order valence-electron chi connectivity index (χ1n) is 6.42. The number of ether oxygens (including phenoxy) is 1. The number of alkyl halides is 1. The summed E-state index contributed by atoms with van der Waals surface area (Å²) in [5.41, 5.74) is -1.33. The van der Waals surface area contributed by atoms with Gasteiger partial charge in [0.1, 0.15) is 5.41 Å². The van der Waals surface area contributed by atoms with E-state index in [9.17, 15) is 14.4 Å². The van der Waals surface area contributed by atoms with E-state index in [0.717, 1.165) is 6.42 Å². The Morgan fingerprint density at radius 1 is 1.21 bits per heavy atom. The number of ketones is 1. The van der Waals surface area contributed by atoms with Gasteiger partial charge in [0.15, 0.2) is 5.78 Å². The van der Waals surface area contributed by atoms with Crippen LogP contribution in [-0.4, -0.2) is 34.8 Å². The highest BCUT2D eigenvalue weighted by Crippen LogP contribution is 2.34. The topological polar surface area (TPSA) is 80.7 Å². The number of aliphatic carboxylic acids is 1. The van der Waals surface area contributed by atoms with Crippen LogP contribution in [0.25, 0.3) is 0 Å². The quantitative estimate of drug-likeness (QED) is 0.376. The molecule has 5 nitrogen and oxygen atoms in total. The molecule has 0 spiro atoms. The second-order valence-corrected chi connectivity index (χ2v) is 4.92. The van der Waals surface area contributed by atoms with Gasteiger partial charge in [-0.3, -0.25) is 14.4 Å². The van der Waals surface area contributed by atoms with E-state index < -0.39 is 17.4 Å². The Hall–Kier alpha value is -0.910. The molecule has 0 aromatic rings. The molecule has 0 heterocycles. The van der Waals surface area contributed by atoms with Gasteiger partial charge in [0.05, 0.1) is 11.9 Å². The molecule has 0 saturated carbocycles. The third-order valence-corrected chi connectivity index (χ3v) is 3.55. The molecule has 0 amide bonds. The van der Waals surface area contributed by atoms with Gasteiger partial charge in [0, 0.05) is 6.42 Å². The van der Waals surface area contributed by atoms with Crippen LogP contribution in [0.3, 0.4) is 0 Å². The molecule has 0 aromatic carbocycles. The fourth-order valence-corrected chi connectivity index (χ4v) is 2.45. The Bertz CT molecular complexity index is 329. The number of carbonyl (C=O) groups excluding carboxylic acids is 2. The van der Waals surface area contributed by atoms with Gasteiger partial charge in [-0.25, -0.2) is 0 Å². The standard InChI is InChI=1S/C13H21BrO5/c1-3-5-7-13(10(15)9-14,8-6-11(16)17)12(18)19-4-2/h3-9H2,1-2H3,(H,16,17)/t13-/m1/s1. The van der Waals surface area contributed by atoms with E-state index in [-0.39, 0.29) is 30.6 Å². The van der Waals surface area contributed by atoms with Gasteiger partial charge in [-0.05, 0) is 19.8 Å². The molecule has 0 radical (unpaired) electrons. The van der Waals surface area contributed by atoms with E-state index in [1.807, 2.05) is 6.92 Å². The highest BCUT2D eigenvalue weighted by atomic mass is 79.9. The van der Waals surface area contributed by atoms with Crippen LogP contribution >= 0.6 is 15.9 Å². The van der Waals surface area contributed by atoms with E-state index in [1.165, 1.54) is 0 Å². The van der Waals surface area contributed by atoms with Gasteiger partial charge in [-0.15, -0.1) is 0 Å². The lowest BCUT2D eigenvalue weighted by atomic mass is 9.75. The van der Waals surface area contributed by atoms with Crippen LogP contribution < -0.4 is 0 Å². The molecule has 6 heteroatoms. The third kappa shape index (κ3) is 5.30. The van der Waals surface area contributed by atoms with Crippen molar-refractivity contribution in [2.24, 2.45) is 5.41 Å². The Kier molecular flexibility index (Phi) is 8.63. The fourth-order valence-electron chi connectivity index (χ4n) is 1.92. The summed E-state index contributed by atoms with van der Waals surface area (Å²) < 4.78 is 4.99. The molecule has 0 aliphatic carbocycles. The maximum absolute atomic E-state index is 12.1. The SMILES string of the molecule is CCCC[C@@](CCC(=O)O)(C(=O)CBr)C(=O)OCC. The number of hydrogen-bond donors (Lipinski definition) is 1. The normalized spacial score (nSPS) is 13.6. The lowest BCUT2D eigenvalue weighted by Crippen LogP contribution is -2.42. The van der Waals surface area contributed by atoms with Crippen molar-refractivity contribution < 1.29 is 24.2 Å². The zero-order valence-corrected chi connectivity index (χ0v) is 13.0. The lowest BCUT2D eigenvalue weighted by Gasteiger charge is -2.29. The molecule has 0 rings (SSSR count). The van der Waals surface area contributed by atoms with E-state index in [4.69, 9.17) is 9.84 Å². The summed E-state index contributed by atoms with van der Waals surface area (Å²) in [6.45, 7) is 3.79. The molecule has 19 heavy (non-hydrogen) atoms. The number of unbranched alkanes of at least 4 members (excludes halogenated alkanes) is 1. The summed E-state index contributed by atoms with van der Waals surface area (Å²) in [7, 11) is 0. The average molecular weight is 337 g/mol. The number of carboxylic acids is 1. The summed E-state index contributed by atoms with van der Waals surface area (Å²) in [5.74, 6) is -1.93. The van der Waals surface area contributed by atoms with Gasteiger partial charge in [0.2, 0.25) is 0 Å². The van der Waals surface area contributed by atoms with Crippen molar-refractivity contribution in [2.75, 3.05) is 11.9 Å². The van der Waals surface area contributed by atoms with Crippen molar-refractivity contribution in [3.05, 3.63) is 0 Å². The van der Waals surface area contributed by atoms with Gasteiger partial charge in [-0.2, -0.15) is 0 Å². The summed E-state index contributed by atoms with van der Waals surface area (Å²) in [5, 5.41) is 8.82. The zero-order chi connectivity index (χ0) is 14.9. The fraction of sp³-hybridized carbons (Fsp3) is 0.769. The van der Waals surface area contributed by atoms with Crippen molar-refractivity contribution in [3.8, 4) is 0 Å². The number of rotatable bonds is 10. The smallest absolute Gasteiger partial charge is 0.319 e. The average Bonchev–Trinajstić information content (AvgIpc) is 2.38. The Morgan fingerprint density at radius 2 is 1.84 bits per heavy atom. The third-order valence-electron chi connectivity index (χ3n) is 3.04. The molecule has 110 valence electrons. The Labute approximate surface area is 121 Å². The molecule has 0 unspecified atom stereocenters.